The molecule has 36 heavy (non-hydrogen) atoms. The summed E-state index contributed by atoms with van der Waals surface area (Å²) in [6, 6.07) is 8.83. The Hall–Kier alpha value is -3.68. The lowest BCUT2D eigenvalue weighted by atomic mass is 10.1. The number of rotatable bonds is 10. The summed E-state index contributed by atoms with van der Waals surface area (Å²) in [5.41, 5.74) is 0.825. The van der Waals surface area contributed by atoms with E-state index >= 15 is 4.39 Å². The van der Waals surface area contributed by atoms with Gasteiger partial charge < -0.3 is 14.4 Å². The van der Waals surface area contributed by atoms with Gasteiger partial charge in [0.05, 0.1) is 13.1 Å². The molecular formula is C23H24F2N6O4S. The summed E-state index contributed by atoms with van der Waals surface area (Å²) in [5, 5.41) is 0. The molecule has 0 radical (unpaired) electrons. The number of hydrogen-bond donors (Lipinski definition) is 2. The largest absolute Gasteiger partial charge is 0.436 e. The fraction of sp³-hybridized carbons (Fsp3) is 0.261. The highest BCUT2D eigenvalue weighted by Gasteiger charge is 2.27. The number of hydrogen-bond acceptors (Lipinski definition) is 7. The fourth-order valence-corrected chi connectivity index (χ4v) is 3.97. The Balaban J connectivity index is 1.42. The summed E-state index contributed by atoms with van der Waals surface area (Å²) in [4.78, 5) is 23.6. The number of amides is 1. The van der Waals surface area contributed by atoms with Gasteiger partial charge in [-0.05, 0) is 44.4 Å². The summed E-state index contributed by atoms with van der Waals surface area (Å²) in [7, 11) is 3.76. The van der Waals surface area contributed by atoms with Crippen LogP contribution in [0.1, 0.15) is 11.1 Å². The number of pyridine rings is 2. The number of ether oxygens (including phenoxy) is 2. The predicted molar refractivity (Wildman–Crippen MR) is 128 cm³/mol. The molecule has 0 aliphatic carbocycles. The second-order valence-electron chi connectivity index (χ2n) is 8.09. The molecule has 4 rings (SSSR count). The summed E-state index contributed by atoms with van der Waals surface area (Å²) in [6.45, 7) is 1.13. The van der Waals surface area contributed by atoms with Crippen molar-refractivity contribution in [2.75, 3.05) is 31.9 Å². The van der Waals surface area contributed by atoms with Gasteiger partial charge in [0.1, 0.15) is 11.5 Å². The van der Waals surface area contributed by atoms with Crippen molar-refractivity contribution in [3.63, 3.8) is 0 Å². The van der Waals surface area contributed by atoms with Crippen molar-refractivity contribution in [1.82, 2.24) is 24.5 Å². The number of anilines is 1. The smallest absolute Gasteiger partial charge is 0.415 e. The van der Waals surface area contributed by atoms with Crippen LogP contribution in [0.5, 0.6) is 17.4 Å². The number of halogens is 2. The summed E-state index contributed by atoms with van der Waals surface area (Å²) < 4.78 is 57.0. The maximum Gasteiger partial charge on any atom is 0.415 e. The van der Waals surface area contributed by atoms with E-state index in [1.165, 1.54) is 41.6 Å². The average molecular weight is 519 g/mol. The van der Waals surface area contributed by atoms with E-state index in [2.05, 4.69) is 19.4 Å². The van der Waals surface area contributed by atoms with Crippen LogP contribution in [0.2, 0.25) is 0 Å². The molecule has 1 aromatic carbocycles. The lowest BCUT2D eigenvalue weighted by Gasteiger charge is -2.28. The minimum absolute atomic E-state index is 0.0978. The van der Waals surface area contributed by atoms with E-state index in [-0.39, 0.29) is 41.8 Å². The average Bonchev–Trinajstić information content (AvgIpc) is 2.83. The molecule has 0 saturated heterocycles. The zero-order chi connectivity index (χ0) is 25.7. The van der Waals surface area contributed by atoms with E-state index in [1.807, 2.05) is 19.0 Å². The molecule has 10 nitrogen and oxygen atoms in total. The van der Waals surface area contributed by atoms with Gasteiger partial charge in [-0.2, -0.15) is 0 Å². The predicted octanol–water partition coefficient (Wildman–Crippen LogP) is 3.20. The van der Waals surface area contributed by atoms with Crippen LogP contribution in [-0.4, -0.2) is 57.3 Å². The van der Waals surface area contributed by atoms with Crippen molar-refractivity contribution >= 4 is 23.1 Å². The minimum atomic E-state index is -1.74. The van der Waals surface area contributed by atoms with Gasteiger partial charge in [0.2, 0.25) is 0 Å². The minimum Gasteiger partial charge on any atom is -0.436 e. The second-order valence-corrected chi connectivity index (χ2v) is 9.12. The number of carbonyl (C=O) groups excluding carboxylic acids is 1. The molecule has 1 unspecified atom stereocenters. The Labute approximate surface area is 209 Å². The van der Waals surface area contributed by atoms with E-state index in [1.54, 1.807) is 12.1 Å². The summed E-state index contributed by atoms with van der Waals surface area (Å²) in [6.07, 6.45) is 2.07. The van der Waals surface area contributed by atoms with Crippen molar-refractivity contribution in [1.29, 1.82) is 0 Å². The first-order valence-electron chi connectivity index (χ1n) is 10.9. The molecule has 1 atom stereocenters. The number of carbonyl (C=O) groups is 1. The molecule has 1 aliphatic rings. The normalized spacial score (nSPS) is 13.8. The maximum atomic E-state index is 15.0. The van der Waals surface area contributed by atoms with Gasteiger partial charge in [-0.15, -0.1) is 0 Å². The quantitative estimate of drug-likeness (QED) is 0.424. The van der Waals surface area contributed by atoms with Gasteiger partial charge in [-0.3, -0.25) is 9.62 Å². The molecule has 3 heterocycles. The van der Waals surface area contributed by atoms with Crippen LogP contribution >= 0.6 is 0 Å². The zero-order valence-electron chi connectivity index (χ0n) is 19.5. The monoisotopic (exact) mass is 518 g/mol. The van der Waals surface area contributed by atoms with E-state index in [0.717, 1.165) is 0 Å². The topological polar surface area (TPSA) is 109 Å². The third-order valence-electron chi connectivity index (χ3n) is 5.11. The lowest BCUT2D eigenvalue weighted by molar-refractivity contribution is 0.134. The van der Waals surface area contributed by atoms with Crippen LogP contribution in [0.15, 0.2) is 48.8 Å². The molecule has 2 N–H and O–H groups in total. The number of benzene rings is 1. The third kappa shape index (κ3) is 6.30. The molecule has 0 spiro atoms. The highest BCUT2D eigenvalue weighted by atomic mass is 32.2. The second kappa shape index (κ2) is 11.4. The first-order chi connectivity index (χ1) is 17.3. The molecule has 2 aromatic heterocycles. The molecule has 0 saturated carbocycles. The van der Waals surface area contributed by atoms with Crippen LogP contribution in [0.3, 0.4) is 0 Å². The Morgan fingerprint density at radius 1 is 1.19 bits per heavy atom. The molecule has 0 fully saturated rings. The van der Waals surface area contributed by atoms with E-state index in [4.69, 9.17) is 9.47 Å². The van der Waals surface area contributed by atoms with Crippen LogP contribution < -0.4 is 18.9 Å². The molecule has 190 valence electrons. The Kier molecular flexibility index (Phi) is 8.03. The Morgan fingerprint density at radius 3 is 2.81 bits per heavy atom. The number of likely N-dealkylation sites (N-methyl/N-ethyl adjacent to an activating group) is 1. The van der Waals surface area contributed by atoms with Crippen molar-refractivity contribution in [2.45, 2.75) is 13.1 Å². The summed E-state index contributed by atoms with van der Waals surface area (Å²) in [5.74, 6) is -1.25. The Bertz CT molecular complexity index is 1280. The fourth-order valence-electron chi connectivity index (χ4n) is 3.30. The first kappa shape index (κ1) is 25.4. The van der Waals surface area contributed by atoms with Gasteiger partial charge in [0.25, 0.3) is 5.88 Å². The van der Waals surface area contributed by atoms with Crippen LogP contribution in [-0.2, 0) is 24.3 Å². The summed E-state index contributed by atoms with van der Waals surface area (Å²) >= 11 is -1.74. The highest BCUT2D eigenvalue weighted by molar-refractivity contribution is 7.84. The van der Waals surface area contributed by atoms with Crippen LogP contribution in [0, 0.1) is 11.6 Å². The molecule has 0 bridgehead atoms. The van der Waals surface area contributed by atoms with Crippen LogP contribution in [0.25, 0.3) is 0 Å². The van der Waals surface area contributed by atoms with Gasteiger partial charge in [-0.25, -0.2) is 32.5 Å². The van der Waals surface area contributed by atoms with Crippen molar-refractivity contribution in [3.8, 4) is 17.4 Å². The van der Waals surface area contributed by atoms with Gasteiger partial charge >= 0.3 is 6.09 Å². The van der Waals surface area contributed by atoms with Crippen molar-refractivity contribution in [3.05, 3.63) is 71.6 Å². The van der Waals surface area contributed by atoms with Crippen LogP contribution in [0.4, 0.5) is 19.4 Å². The molecule has 1 amide bonds. The third-order valence-corrected chi connectivity index (χ3v) is 5.95. The van der Waals surface area contributed by atoms with Crippen molar-refractivity contribution < 1.29 is 27.3 Å². The molecule has 1 aliphatic heterocycles. The highest BCUT2D eigenvalue weighted by Crippen LogP contribution is 2.33. The standard InChI is InChI=1S/C23H24F2N6O4S/c1-30(2)11-10-28-36(33)29-21-20(25)16(7-9-26-21)14-31-13-15-5-6-17(12-19(15)35-23(31)32)34-22-18(24)4-3-8-27-22/h3-9,12,28H,10-11,13-14H2,1-2H3,(H,26,29). The lowest BCUT2D eigenvalue weighted by Crippen LogP contribution is -2.36. The number of nitrogens with zero attached hydrogens (tertiary/aromatic N) is 4. The maximum absolute atomic E-state index is 15.0. The van der Waals surface area contributed by atoms with E-state index in [9.17, 15) is 13.4 Å². The number of fused-ring (bicyclic) bond motifs is 1. The molecule has 3 aromatic rings. The molecule has 13 heteroatoms. The SMILES string of the molecule is CN(C)CCNS(=O)Nc1nccc(CN2Cc3ccc(Oc4ncccc4F)cc3OC2=O)c1F. The van der Waals surface area contributed by atoms with E-state index < -0.39 is 28.9 Å². The van der Waals surface area contributed by atoms with Gasteiger partial charge in [0.15, 0.2) is 28.6 Å². The van der Waals surface area contributed by atoms with Crippen molar-refractivity contribution in [2.24, 2.45) is 0 Å². The van der Waals surface area contributed by atoms with E-state index in [0.29, 0.717) is 18.7 Å². The van der Waals surface area contributed by atoms with Gasteiger partial charge in [-0.1, -0.05) is 0 Å². The number of nitrogens with one attached hydrogen (secondary N) is 2. The van der Waals surface area contributed by atoms with Gasteiger partial charge in [0, 0.05) is 42.7 Å². The Morgan fingerprint density at radius 2 is 2.03 bits per heavy atom. The first-order valence-corrected chi connectivity index (χ1v) is 12.0. The zero-order valence-corrected chi connectivity index (χ0v) is 20.3. The molecular weight excluding hydrogens is 494 g/mol. The number of aromatic nitrogens is 2.